The van der Waals surface area contributed by atoms with Crippen LogP contribution in [0.1, 0.15) is 50.9 Å². The molecular formula is C28H36NO4+. The maximum atomic E-state index is 13.1. The van der Waals surface area contributed by atoms with Crippen molar-refractivity contribution in [3.8, 4) is 5.75 Å². The topological polar surface area (TPSA) is 53.1 Å². The van der Waals surface area contributed by atoms with Crippen molar-refractivity contribution in [2.24, 2.45) is 23.2 Å². The summed E-state index contributed by atoms with van der Waals surface area (Å²) in [6.45, 7) is 7.03. The van der Waals surface area contributed by atoms with Crippen LogP contribution in [-0.2, 0) is 22.6 Å². The smallest absolute Gasteiger partial charge is 0.315 e. The molecule has 176 valence electrons. The summed E-state index contributed by atoms with van der Waals surface area (Å²) in [7, 11) is 1.68. The van der Waals surface area contributed by atoms with Gasteiger partial charge < -0.3 is 18.8 Å². The van der Waals surface area contributed by atoms with E-state index in [9.17, 15) is 4.79 Å². The lowest BCUT2D eigenvalue weighted by Gasteiger charge is -2.46. The second kappa shape index (κ2) is 9.02. The number of furan rings is 1. The van der Waals surface area contributed by atoms with Crippen LogP contribution in [0, 0.1) is 23.2 Å². The molecule has 5 nitrogen and oxygen atoms in total. The molecule has 6 atom stereocenters. The molecule has 1 unspecified atom stereocenters. The summed E-state index contributed by atoms with van der Waals surface area (Å²) in [4.78, 5) is 14.4. The predicted molar refractivity (Wildman–Crippen MR) is 126 cm³/mol. The Hall–Kier alpha value is -2.53. The van der Waals surface area contributed by atoms with Crippen LogP contribution in [0.25, 0.3) is 0 Å². The average molecular weight is 451 g/mol. The Morgan fingerprint density at radius 1 is 1.18 bits per heavy atom. The van der Waals surface area contributed by atoms with Gasteiger partial charge in [-0.25, -0.2) is 0 Å². The van der Waals surface area contributed by atoms with Crippen molar-refractivity contribution in [1.29, 1.82) is 0 Å². The number of ether oxygens (including phenoxy) is 2. The van der Waals surface area contributed by atoms with Crippen LogP contribution >= 0.6 is 0 Å². The minimum atomic E-state index is -0.107. The molecule has 5 rings (SSSR count). The molecule has 1 aromatic carbocycles. The fraction of sp³-hybridized carbons (Fsp3) is 0.536. The van der Waals surface area contributed by atoms with Gasteiger partial charge in [0, 0.05) is 11.5 Å². The van der Waals surface area contributed by atoms with Crippen molar-refractivity contribution >= 4 is 5.97 Å². The monoisotopic (exact) mass is 450 g/mol. The van der Waals surface area contributed by atoms with Gasteiger partial charge in [0.2, 0.25) is 0 Å². The van der Waals surface area contributed by atoms with E-state index in [1.54, 1.807) is 18.9 Å². The second-order valence-corrected chi connectivity index (χ2v) is 10.6. The SMILES string of the molecule is COc1ccc(C[NH+](Cc2ccco2)C[C@H]2C(=O)O[C@@H]3C[C@@]4(C)CCC[C@H](C)C4=C[C@@H]32)cc1. The minimum absolute atomic E-state index is 0.0207. The van der Waals surface area contributed by atoms with Crippen molar-refractivity contribution in [2.45, 2.75) is 58.7 Å². The Kier molecular flexibility index (Phi) is 6.09. The van der Waals surface area contributed by atoms with Gasteiger partial charge in [-0.05, 0) is 67.0 Å². The van der Waals surface area contributed by atoms with Crippen LogP contribution in [0.3, 0.4) is 0 Å². The lowest BCUT2D eigenvalue weighted by atomic mass is 9.59. The Morgan fingerprint density at radius 2 is 2.00 bits per heavy atom. The van der Waals surface area contributed by atoms with E-state index in [-0.39, 0.29) is 29.3 Å². The van der Waals surface area contributed by atoms with E-state index < -0.39 is 0 Å². The first kappa shape index (κ1) is 22.3. The molecule has 2 heterocycles. The number of nitrogens with one attached hydrogen (secondary N) is 1. The molecule has 1 aromatic heterocycles. The first-order valence-corrected chi connectivity index (χ1v) is 12.4. The van der Waals surface area contributed by atoms with Crippen molar-refractivity contribution in [1.82, 2.24) is 0 Å². The van der Waals surface area contributed by atoms with E-state index in [1.165, 1.54) is 29.7 Å². The third kappa shape index (κ3) is 4.48. The third-order valence-corrected chi connectivity index (χ3v) is 8.21. The zero-order chi connectivity index (χ0) is 23.0. The number of fused-ring (bicyclic) bond motifs is 2. The van der Waals surface area contributed by atoms with Crippen LogP contribution in [0.4, 0.5) is 0 Å². The van der Waals surface area contributed by atoms with Gasteiger partial charge in [-0.2, -0.15) is 0 Å². The maximum absolute atomic E-state index is 13.1. The lowest BCUT2D eigenvalue weighted by Crippen LogP contribution is -3.10. The molecule has 1 aliphatic heterocycles. The van der Waals surface area contributed by atoms with E-state index in [0.717, 1.165) is 37.6 Å². The third-order valence-electron chi connectivity index (χ3n) is 8.21. The number of hydrogen-bond donors (Lipinski definition) is 1. The molecular weight excluding hydrogens is 414 g/mol. The van der Waals surface area contributed by atoms with Gasteiger partial charge >= 0.3 is 5.97 Å². The number of carbonyl (C=O) groups excluding carboxylic acids is 1. The number of quaternary nitrogens is 1. The van der Waals surface area contributed by atoms with Gasteiger partial charge in [-0.3, -0.25) is 4.79 Å². The van der Waals surface area contributed by atoms with Gasteiger partial charge in [0.1, 0.15) is 30.9 Å². The number of hydrogen-bond acceptors (Lipinski definition) is 4. The zero-order valence-electron chi connectivity index (χ0n) is 20.0. The molecule has 1 N–H and O–H groups in total. The molecule has 33 heavy (non-hydrogen) atoms. The molecule has 2 aromatic rings. The Labute approximate surface area is 196 Å². The number of benzene rings is 1. The molecule has 0 radical (unpaired) electrons. The average Bonchev–Trinajstić information content (AvgIpc) is 3.40. The number of allylic oxidation sites excluding steroid dienone is 1. The highest BCUT2D eigenvalue weighted by Crippen LogP contribution is 2.53. The van der Waals surface area contributed by atoms with Gasteiger partial charge in [-0.15, -0.1) is 0 Å². The van der Waals surface area contributed by atoms with E-state index in [4.69, 9.17) is 13.9 Å². The van der Waals surface area contributed by atoms with Gasteiger partial charge in [0.15, 0.2) is 5.76 Å². The molecule has 0 amide bonds. The molecule has 3 aliphatic rings. The van der Waals surface area contributed by atoms with Crippen molar-refractivity contribution in [3.63, 3.8) is 0 Å². The number of methoxy groups -OCH3 is 1. The van der Waals surface area contributed by atoms with E-state index in [1.807, 2.05) is 24.3 Å². The van der Waals surface area contributed by atoms with E-state index in [2.05, 4.69) is 32.1 Å². The molecule has 0 bridgehead atoms. The number of rotatable bonds is 7. The lowest BCUT2D eigenvalue weighted by molar-refractivity contribution is -0.931. The highest BCUT2D eigenvalue weighted by atomic mass is 16.6. The fourth-order valence-corrected chi connectivity index (χ4v) is 6.49. The molecule has 1 saturated heterocycles. The molecule has 2 fully saturated rings. The first-order valence-electron chi connectivity index (χ1n) is 12.4. The fourth-order valence-electron chi connectivity index (χ4n) is 6.49. The first-order chi connectivity index (χ1) is 15.9. The normalized spacial score (nSPS) is 31.8. The van der Waals surface area contributed by atoms with Crippen LogP contribution in [-0.4, -0.2) is 25.7 Å². The van der Waals surface area contributed by atoms with E-state index >= 15 is 0 Å². The second-order valence-electron chi connectivity index (χ2n) is 10.6. The molecule has 2 aliphatic carbocycles. The standard InChI is InChI=1S/C28H35NO4/c1-19-6-4-12-28(2)15-26-23(14-25(19)28)24(27(30)33-26)18-29(17-22-7-5-13-32-22)16-20-8-10-21(31-3)11-9-20/h5,7-11,13-14,19,23-24,26H,4,6,12,15-18H2,1-3H3/p+1/t19-,23+,24+,26+,28+/m0/s1. The van der Waals surface area contributed by atoms with Crippen LogP contribution < -0.4 is 9.64 Å². The molecule has 1 saturated carbocycles. The summed E-state index contributed by atoms with van der Waals surface area (Å²) in [6.07, 6.45) is 8.90. The van der Waals surface area contributed by atoms with Gasteiger partial charge in [-0.1, -0.05) is 31.9 Å². The summed E-state index contributed by atoms with van der Waals surface area (Å²) in [5.74, 6) is 2.45. The number of esters is 1. The van der Waals surface area contributed by atoms with Crippen LogP contribution in [0.2, 0.25) is 0 Å². The predicted octanol–water partition coefficient (Wildman–Crippen LogP) is 4.19. The number of carbonyl (C=O) groups is 1. The van der Waals surface area contributed by atoms with Crippen molar-refractivity contribution in [2.75, 3.05) is 13.7 Å². The quantitative estimate of drug-likeness (QED) is 0.508. The van der Waals surface area contributed by atoms with Crippen molar-refractivity contribution in [3.05, 3.63) is 65.6 Å². The maximum Gasteiger partial charge on any atom is 0.315 e. The summed E-state index contributed by atoms with van der Waals surface area (Å²) in [5, 5.41) is 0. The van der Waals surface area contributed by atoms with Crippen LogP contribution in [0.5, 0.6) is 5.75 Å². The molecule has 5 heteroatoms. The zero-order valence-corrected chi connectivity index (χ0v) is 20.0. The van der Waals surface area contributed by atoms with Gasteiger partial charge in [0.25, 0.3) is 0 Å². The summed E-state index contributed by atoms with van der Waals surface area (Å²) in [6, 6.07) is 12.1. The molecule has 0 spiro atoms. The van der Waals surface area contributed by atoms with Crippen molar-refractivity contribution < 1.29 is 23.6 Å². The Bertz CT molecular complexity index is 995. The summed E-state index contributed by atoms with van der Waals surface area (Å²) >= 11 is 0. The largest absolute Gasteiger partial charge is 0.497 e. The summed E-state index contributed by atoms with van der Waals surface area (Å²) in [5.41, 5.74) is 2.98. The van der Waals surface area contributed by atoms with E-state index in [0.29, 0.717) is 5.92 Å². The summed E-state index contributed by atoms with van der Waals surface area (Å²) < 4.78 is 17.0. The highest BCUT2D eigenvalue weighted by molar-refractivity contribution is 5.76. The van der Waals surface area contributed by atoms with Gasteiger partial charge in [0.05, 0.1) is 19.9 Å². The highest BCUT2D eigenvalue weighted by Gasteiger charge is 2.52. The Balaban J connectivity index is 1.38. The Morgan fingerprint density at radius 3 is 2.73 bits per heavy atom. The van der Waals surface area contributed by atoms with Crippen LogP contribution in [0.15, 0.2) is 58.7 Å². The minimum Gasteiger partial charge on any atom is -0.497 e.